The smallest absolute Gasteiger partial charge is 0.0951 e. The highest BCUT2D eigenvalue weighted by atomic mass is 16.5. The molecule has 0 saturated heterocycles. The topological polar surface area (TPSA) is 32.7 Å². The van der Waals surface area contributed by atoms with Crippen LogP contribution in [0, 0.1) is 0 Å². The maximum absolute atomic E-state index is 9.81. The normalized spacial score (nSPS) is 15.0. The molecular weight excluding hydrogens is 166 g/mol. The minimum atomic E-state index is -0.436. The molecule has 13 heavy (non-hydrogen) atoms. The van der Waals surface area contributed by atoms with Crippen LogP contribution in [0.5, 0.6) is 0 Å². The van der Waals surface area contributed by atoms with Gasteiger partial charge in [0.15, 0.2) is 0 Å². The summed E-state index contributed by atoms with van der Waals surface area (Å²) in [5, 5.41) is 9.81. The molecule has 0 aliphatic rings. The molecular formula is C10H23NO2. The summed E-state index contributed by atoms with van der Waals surface area (Å²) in [5.74, 6) is 0. The second-order valence-electron chi connectivity index (χ2n) is 4.14. The summed E-state index contributed by atoms with van der Waals surface area (Å²) in [6, 6.07) is 0. The van der Waals surface area contributed by atoms with Crippen molar-refractivity contribution in [3.63, 3.8) is 0 Å². The number of nitrogens with zero attached hydrogens (tertiary/aromatic N) is 1. The molecule has 0 bridgehead atoms. The largest absolute Gasteiger partial charge is 0.389 e. The molecule has 3 nitrogen and oxygen atoms in total. The molecule has 3 heteroatoms. The average molecular weight is 189 g/mol. The fourth-order valence-corrected chi connectivity index (χ4v) is 0.841. The first-order valence-electron chi connectivity index (χ1n) is 4.86. The molecule has 1 atom stereocenters. The number of hydrogen-bond acceptors (Lipinski definition) is 3. The average Bonchev–Trinajstić information content (AvgIpc) is 2.04. The number of aliphatic hydroxyl groups is 1. The molecule has 80 valence electrons. The van der Waals surface area contributed by atoms with Gasteiger partial charge in [0.1, 0.15) is 0 Å². The van der Waals surface area contributed by atoms with Gasteiger partial charge < -0.3 is 14.7 Å². The molecule has 0 fully saturated rings. The molecule has 0 saturated carbocycles. The van der Waals surface area contributed by atoms with Crippen molar-refractivity contribution in [1.29, 1.82) is 0 Å². The van der Waals surface area contributed by atoms with Gasteiger partial charge in [-0.05, 0) is 34.4 Å². The summed E-state index contributed by atoms with van der Waals surface area (Å²) in [7, 11) is 3.92. The van der Waals surface area contributed by atoms with Crippen molar-refractivity contribution in [3.05, 3.63) is 0 Å². The van der Waals surface area contributed by atoms with Gasteiger partial charge in [0.05, 0.1) is 12.7 Å². The first kappa shape index (κ1) is 12.9. The van der Waals surface area contributed by atoms with E-state index in [1.165, 1.54) is 0 Å². The molecule has 0 aliphatic heterocycles. The van der Waals surface area contributed by atoms with Crippen LogP contribution in [0.4, 0.5) is 0 Å². The van der Waals surface area contributed by atoms with Gasteiger partial charge in [-0.3, -0.25) is 0 Å². The third-order valence-corrected chi connectivity index (χ3v) is 2.59. The SMILES string of the molecule is CCCOCC(O)C(C)(C)N(C)C. The van der Waals surface area contributed by atoms with Crippen molar-refractivity contribution >= 4 is 0 Å². The van der Waals surface area contributed by atoms with Crippen LogP contribution in [0.1, 0.15) is 27.2 Å². The number of aliphatic hydroxyl groups excluding tert-OH is 1. The Balaban J connectivity index is 3.87. The standard InChI is InChI=1S/C10H23NO2/c1-6-7-13-8-9(12)10(2,3)11(4)5/h9,12H,6-8H2,1-5H3. The predicted octanol–water partition coefficient (Wildman–Crippen LogP) is 1.11. The minimum Gasteiger partial charge on any atom is -0.389 e. The van der Waals surface area contributed by atoms with E-state index in [1.807, 2.05) is 32.8 Å². The molecule has 0 spiro atoms. The zero-order valence-electron chi connectivity index (χ0n) is 9.50. The van der Waals surface area contributed by atoms with Gasteiger partial charge in [0.2, 0.25) is 0 Å². The number of ether oxygens (including phenoxy) is 1. The van der Waals surface area contributed by atoms with E-state index in [0.29, 0.717) is 6.61 Å². The van der Waals surface area contributed by atoms with Crippen LogP contribution < -0.4 is 0 Å². The molecule has 0 amide bonds. The minimum absolute atomic E-state index is 0.228. The van der Waals surface area contributed by atoms with Crippen molar-refractivity contribution in [2.45, 2.75) is 38.8 Å². The Morgan fingerprint density at radius 3 is 2.31 bits per heavy atom. The highest BCUT2D eigenvalue weighted by Crippen LogP contribution is 2.15. The Morgan fingerprint density at radius 1 is 1.38 bits per heavy atom. The Morgan fingerprint density at radius 2 is 1.92 bits per heavy atom. The van der Waals surface area contributed by atoms with Crippen LogP contribution >= 0.6 is 0 Å². The summed E-state index contributed by atoms with van der Waals surface area (Å²) in [5.41, 5.74) is -0.228. The van der Waals surface area contributed by atoms with E-state index in [-0.39, 0.29) is 5.54 Å². The van der Waals surface area contributed by atoms with Crippen molar-refractivity contribution in [2.75, 3.05) is 27.3 Å². The molecule has 0 aromatic heterocycles. The van der Waals surface area contributed by atoms with Crippen LogP contribution in [-0.2, 0) is 4.74 Å². The van der Waals surface area contributed by atoms with Gasteiger partial charge in [-0.15, -0.1) is 0 Å². The van der Waals surface area contributed by atoms with E-state index in [1.54, 1.807) is 0 Å². The van der Waals surface area contributed by atoms with Gasteiger partial charge in [-0.1, -0.05) is 6.92 Å². The Hall–Kier alpha value is -0.120. The fraction of sp³-hybridized carbons (Fsp3) is 1.00. The van der Waals surface area contributed by atoms with E-state index in [2.05, 4.69) is 6.92 Å². The summed E-state index contributed by atoms with van der Waals surface area (Å²) >= 11 is 0. The Kier molecular flexibility index (Phi) is 5.53. The predicted molar refractivity (Wildman–Crippen MR) is 54.9 cm³/mol. The molecule has 0 heterocycles. The molecule has 1 N–H and O–H groups in total. The second-order valence-corrected chi connectivity index (χ2v) is 4.14. The number of rotatable bonds is 6. The third kappa shape index (κ3) is 4.07. The van der Waals surface area contributed by atoms with E-state index >= 15 is 0 Å². The molecule has 0 aromatic carbocycles. The first-order valence-corrected chi connectivity index (χ1v) is 4.86. The Labute approximate surface area is 81.7 Å². The van der Waals surface area contributed by atoms with Crippen molar-refractivity contribution in [1.82, 2.24) is 4.90 Å². The third-order valence-electron chi connectivity index (χ3n) is 2.59. The lowest BCUT2D eigenvalue weighted by Crippen LogP contribution is -2.50. The summed E-state index contributed by atoms with van der Waals surface area (Å²) < 4.78 is 5.30. The second kappa shape index (κ2) is 5.58. The molecule has 0 rings (SSSR count). The van der Waals surface area contributed by atoms with Gasteiger partial charge in [-0.2, -0.15) is 0 Å². The quantitative estimate of drug-likeness (QED) is 0.635. The van der Waals surface area contributed by atoms with Crippen LogP contribution in [0.2, 0.25) is 0 Å². The molecule has 0 radical (unpaired) electrons. The maximum atomic E-state index is 9.81. The lowest BCUT2D eigenvalue weighted by molar-refractivity contribution is -0.0414. The highest BCUT2D eigenvalue weighted by molar-refractivity contribution is 4.85. The summed E-state index contributed by atoms with van der Waals surface area (Å²) in [6.45, 7) is 7.21. The lowest BCUT2D eigenvalue weighted by atomic mass is 9.96. The van der Waals surface area contributed by atoms with Crippen molar-refractivity contribution in [2.24, 2.45) is 0 Å². The first-order chi connectivity index (χ1) is 5.92. The van der Waals surface area contributed by atoms with Gasteiger partial charge in [0.25, 0.3) is 0 Å². The molecule has 0 aliphatic carbocycles. The maximum Gasteiger partial charge on any atom is 0.0951 e. The fourth-order valence-electron chi connectivity index (χ4n) is 0.841. The summed E-state index contributed by atoms with van der Waals surface area (Å²) in [4.78, 5) is 2.01. The molecule has 1 unspecified atom stereocenters. The van der Waals surface area contributed by atoms with Crippen LogP contribution in [-0.4, -0.2) is 49.0 Å². The zero-order valence-corrected chi connectivity index (χ0v) is 9.50. The van der Waals surface area contributed by atoms with E-state index in [4.69, 9.17) is 4.74 Å². The van der Waals surface area contributed by atoms with Crippen molar-refractivity contribution < 1.29 is 9.84 Å². The highest BCUT2D eigenvalue weighted by Gasteiger charge is 2.29. The number of likely N-dealkylation sites (N-methyl/N-ethyl adjacent to an activating group) is 1. The van der Waals surface area contributed by atoms with Gasteiger partial charge in [-0.25, -0.2) is 0 Å². The number of hydrogen-bond donors (Lipinski definition) is 1. The Bertz CT molecular complexity index is 135. The monoisotopic (exact) mass is 189 g/mol. The van der Waals surface area contributed by atoms with Crippen LogP contribution in [0.3, 0.4) is 0 Å². The van der Waals surface area contributed by atoms with Crippen LogP contribution in [0.15, 0.2) is 0 Å². The lowest BCUT2D eigenvalue weighted by Gasteiger charge is -2.36. The summed E-state index contributed by atoms with van der Waals surface area (Å²) in [6.07, 6.45) is 0.559. The van der Waals surface area contributed by atoms with Crippen molar-refractivity contribution in [3.8, 4) is 0 Å². The van der Waals surface area contributed by atoms with Gasteiger partial charge >= 0.3 is 0 Å². The van der Waals surface area contributed by atoms with E-state index < -0.39 is 6.10 Å². The van der Waals surface area contributed by atoms with E-state index in [9.17, 15) is 5.11 Å². The van der Waals surface area contributed by atoms with Gasteiger partial charge in [0, 0.05) is 12.1 Å². The van der Waals surface area contributed by atoms with Crippen LogP contribution in [0.25, 0.3) is 0 Å². The van der Waals surface area contributed by atoms with E-state index in [0.717, 1.165) is 13.0 Å². The molecule has 0 aromatic rings. The zero-order chi connectivity index (χ0) is 10.5.